The summed E-state index contributed by atoms with van der Waals surface area (Å²) in [5.41, 5.74) is 5.72. The summed E-state index contributed by atoms with van der Waals surface area (Å²) in [7, 11) is 1.86. The van der Waals surface area contributed by atoms with E-state index in [0.717, 1.165) is 43.6 Å². The van der Waals surface area contributed by atoms with Crippen molar-refractivity contribution in [1.29, 1.82) is 5.41 Å². The molecule has 0 bridgehead atoms. The Morgan fingerprint density at radius 3 is 2.01 bits per heavy atom. The normalized spacial score (nSPS) is 13.6. The summed E-state index contributed by atoms with van der Waals surface area (Å²) in [5, 5.41) is 15.7. The molecule has 2 aliphatic rings. The Hall–Kier alpha value is -8.02. The van der Waals surface area contributed by atoms with E-state index < -0.39 is 0 Å². The molecule has 0 fully saturated rings. The first-order valence-electron chi connectivity index (χ1n) is 22.4. The Balaban J connectivity index is 0.804. The van der Waals surface area contributed by atoms with Gasteiger partial charge in [-0.05, 0) is 83.4 Å². The molecule has 342 valence electrons. The molecule has 0 radical (unpaired) electrons. The Kier molecular flexibility index (Phi) is 12.7. The molecule has 0 spiro atoms. The smallest absolute Gasteiger partial charge is 0.264 e. The van der Waals surface area contributed by atoms with E-state index in [1.165, 1.54) is 6.21 Å². The number of nitrogens with zero attached hydrogens (tertiary/aromatic N) is 12. The van der Waals surface area contributed by atoms with Gasteiger partial charge in [-0.2, -0.15) is 5.10 Å². The van der Waals surface area contributed by atoms with Crippen molar-refractivity contribution in [3.63, 3.8) is 0 Å². The minimum absolute atomic E-state index is 0.104. The first-order valence-corrected chi connectivity index (χ1v) is 22.4. The topological polar surface area (TPSA) is 200 Å². The molecule has 9 heterocycles. The Labute approximate surface area is 387 Å². The lowest BCUT2D eigenvalue weighted by Crippen LogP contribution is -2.42. The van der Waals surface area contributed by atoms with Crippen LogP contribution in [-0.4, -0.2) is 87.3 Å². The zero-order chi connectivity index (χ0) is 46.6. The van der Waals surface area contributed by atoms with Crippen LogP contribution in [0.5, 0.6) is 23.0 Å². The Morgan fingerprint density at radius 1 is 0.761 bits per heavy atom. The third-order valence-corrected chi connectivity index (χ3v) is 11.8. The lowest BCUT2D eigenvalue weighted by molar-refractivity contribution is 0.475. The molecule has 7 aromatic heterocycles. The van der Waals surface area contributed by atoms with Gasteiger partial charge in [-0.1, -0.05) is 0 Å². The van der Waals surface area contributed by atoms with Crippen molar-refractivity contribution in [3.05, 3.63) is 130 Å². The summed E-state index contributed by atoms with van der Waals surface area (Å²) < 4.78 is 17.6. The van der Waals surface area contributed by atoms with Gasteiger partial charge in [-0.25, -0.2) is 19.9 Å². The number of aryl methyl sites for hydroxylation is 3. The lowest BCUT2D eigenvalue weighted by Gasteiger charge is -2.33. The minimum Gasteiger partial charge on any atom is -0.455 e. The average Bonchev–Trinajstić information content (AvgIpc) is 3.78. The van der Waals surface area contributed by atoms with Crippen molar-refractivity contribution in [2.45, 2.75) is 66.1 Å². The fourth-order valence-electron chi connectivity index (χ4n) is 8.35. The van der Waals surface area contributed by atoms with E-state index in [9.17, 15) is 9.59 Å². The summed E-state index contributed by atoms with van der Waals surface area (Å²) >= 11 is 0. The maximum atomic E-state index is 13.9. The molecule has 0 amide bonds. The molecule has 9 rings (SSSR count). The van der Waals surface area contributed by atoms with E-state index in [4.69, 9.17) is 29.8 Å². The van der Waals surface area contributed by atoms with Gasteiger partial charge in [0.25, 0.3) is 11.1 Å². The second-order valence-electron chi connectivity index (χ2n) is 16.8. The summed E-state index contributed by atoms with van der Waals surface area (Å²) in [6, 6.07) is 14.6. The molecule has 2 N–H and O–H groups in total. The molecular weight excluding hydrogens is 849 g/mol. The van der Waals surface area contributed by atoms with Gasteiger partial charge < -0.3 is 30.0 Å². The maximum Gasteiger partial charge on any atom is 0.264 e. The van der Waals surface area contributed by atoms with Crippen molar-refractivity contribution in [2.24, 2.45) is 7.05 Å². The van der Waals surface area contributed by atoms with Crippen LogP contribution in [0, 0.1) is 19.3 Å². The van der Waals surface area contributed by atoms with Crippen molar-refractivity contribution in [2.75, 3.05) is 36.0 Å². The summed E-state index contributed by atoms with van der Waals surface area (Å²) in [6.45, 7) is 12.0. The second-order valence-corrected chi connectivity index (χ2v) is 16.8. The highest BCUT2D eigenvalue weighted by Crippen LogP contribution is 2.31. The summed E-state index contributed by atoms with van der Waals surface area (Å²) in [5.74, 6) is 3.59. The van der Waals surface area contributed by atoms with Gasteiger partial charge in [-0.15, -0.1) is 0 Å². The molecule has 18 nitrogen and oxygen atoms in total. The van der Waals surface area contributed by atoms with Gasteiger partial charge in [0, 0.05) is 119 Å². The van der Waals surface area contributed by atoms with E-state index in [1.54, 1.807) is 87.4 Å². The zero-order valence-electron chi connectivity index (χ0n) is 38.2. The first-order chi connectivity index (χ1) is 32.5. The number of allylic oxidation sites excluding steroid dienone is 1. The predicted molar refractivity (Wildman–Crippen MR) is 257 cm³/mol. The fourth-order valence-corrected chi connectivity index (χ4v) is 8.35. The predicted octanol–water partition coefficient (Wildman–Crippen LogP) is 6.81. The van der Waals surface area contributed by atoms with Crippen LogP contribution in [-0.2, 0) is 20.1 Å². The average molecular weight is 901 g/mol. The van der Waals surface area contributed by atoms with Gasteiger partial charge in [0.2, 0.25) is 11.9 Å². The number of anilines is 2. The molecule has 2 aliphatic heterocycles. The van der Waals surface area contributed by atoms with E-state index in [1.807, 2.05) is 39.2 Å². The van der Waals surface area contributed by atoms with Crippen molar-refractivity contribution >= 4 is 23.7 Å². The summed E-state index contributed by atoms with van der Waals surface area (Å²) in [6.07, 6.45) is 15.7. The molecule has 0 aliphatic carbocycles. The van der Waals surface area contributed by atoms with Gasteiger partial charge in [-0.3, -0.25) is 33.4 Å². The van der Waals surface area contributed by atoms with Gasteiger partial charge >= 0.3 is 0 Å². The molecule has 0 unspecified atom stereocenters. The third kappa shape index (κ3) is 9.41. The number of fused-ring (bicyclic) bond motifs is 2. The van der Waals surface area contributed by atoms with Crippen molar-refractivity contribution in [3.8, 4) is 56.8 Å². The number of pyridine rings is 4. The van der Waals surface area contributed by atoms with Gasteiger partial charge in [0.15, 0.2) is 0 Å². The molecule has 18 heteroatoms. The number of hydrogen-bond acceptors (Lipinski definition) is 15. The molecule has 67 heavy (non-hydrogen) atoms. The highest BCUT2D eigenvalue weighted by molar-refractivity contribution is 6.07. The molecule has 0 aromatic carbocycles. The third-order valence-electron chi connectivity index (χ3n) is 11.8. The standard InChI is InChI=1S/C49H52N14O4/c1-31(2)61-20-8-22-63-47(65)39(29-55-49(61)63)41-10-12-44(32(3)58-41)66-36-13-16-52-42(23-36)34(25-50)26-51-15-6-18-60-19-7-21-62-46(64)38(28-54-48(60)62)40-9-11-45(33(4)57-40)67-37-14-17-53-43(24-37)35-27-56-59(5)30-35/h9-14,16-17,23-31,50-51H,6-8,15,18-22H2,1-5H3/b34-26+,50-25?. The first kappa shape index (κ1) is 44.2. The van der Waals surface area contributed by atoms with Crippen LogP contribution >= 0.6 is 0 Å². The second kappa shape index (κ2) is 19.2. The highest BCUT2D eigenvalue weighted by atomic mass is 16.5. The lowest BCUT2D eigenvalue weighted by atomic mass is 10.1. The minimum atomic E-state index is -0.137. The monoisotopic (exact) mass is 900 g/mol. The van der Waals surface area contributed by atoms with Crippen LogP contribution in [0.4, 0.5) is 11.9 Å². The zero-order valence-corrected chi connectivity index (χ0v) is 38.2. The van der Waals surface area contributed by atoms with Crippen LogP contribution in [0.25, 0.3) is 39.3 Å². The Morgan fingerprint density at radius 2 is 1.39 bits per heavy atom. The highest BCUT2D eigenvalue weighted by Gasteiger charge is 2.25. The number of aromatic nitrogens is 10. The van der Waals surface area contributed by atoms with E-state index in [2.05, 4.69) is 49.0 Å². The molecule has 0 atom stereocenters. The molecular formula is C49H52N14O4. The van der Waals surface area contributed by atoms with Gasteiger partial charge in [0.1, 0.15) is 23.0 Å². The van der Waals surface area contributed by atoms with Crippen molar-refractivity contribution < 1.29 is 9.47 Å². The largest absolute Gasteiger partial charge is 0.455 e. The quantitative estimate of drug-likeness (QED) is 0.0803. The molecule has 0 saturated heterocycles. The number of hydrogen-bond donors (Lipinski definition) is 2. The van der Waals surface area contributed by atoms with E-state index in [0.29, 0.717) is 106 Å². The van der Waals surface area contributed by atoms with Crippen LogP contribution in [0.1, 0.15) is 50.2 Å². The van der Waals surface area contributed by atoms with Crippen LogP contribution in [0.3, 0.4) is 0 Å². The van der Waals surface area contributed by atoms with E-state index in [-0.39, 0.29) is 17.2 Å². The van der Waals surface area contributed by atoms with E-state index >= 15 is 0 Å². The SMILES string of the molecule is Cc1nc(-c2cnc3n(c2=O)CCCN3CCCN/C=C(\C=N)c2cc(Oc3ccc(-c4cnc5n(c4=O)CCCN5C(C)C)nc3C)ccn2)ccc1Oc1ccnc(-c2cnn(C)c2)c1. The number of rotatable bonds is 15. The summed E-state index contributed by atoms with van der Waals surface area (Å²) in [4.78, 5) is 59.5. The number of nitrogens with one attached hydrogen (secondary N) is 2. The van der Waals surface area contributed by atoms with Crippen LogP contribution in [0.2, 0.25) is 0 Å². The Bertz CT molecular complexity index is 3120. The van der Waals surface area contributed by atoms with Crippen LogP contribution in [0.15, 0.2) is 102 Å². The number of ether oxygens (including phenoxy) is 2. The fraction of sp³-hybridized carbons (Fsp3) is 0.306. The molecule has 0 saturated carbocycles. The van der Waals surface area contributed by atoms with Crippen molar-refractivity contribution in [1.82, 2.24) is 54.1 Å². The van der Waals surface area contributed by atoms with Gasteiger partial charge in [0.05, 0.1) is 51.5 Å². The molecule has 7 aromatic rings. The maximum absolute atomic E-state index is 13.9. The van der Waals surface area contributed by atoms with Crippen LogP contribution < -0.4 is 35.7 Å².